The molecule has 0 unspecified atom stereocenters. The molecule has 0 heterocycles. The lowest BCUT2D eigenvalue weighted by molar-refractivity contribution is -0.129. The van der Waals surface area contributed by atoms with E-state index in [1.54, 1.807) is 4.90 Å². The predicted molar refractivity (Wildman–Crippen MR) is 93.3 cm³/mol. The van der Waals surface area contributed by atoms with Crippen molar-refractivity contribution in [3.8, 4) is 0 Å². The number of carbonyl (C=O) groups is 1. The molecule has 2 heteroatoms. The summed E-state index contributed by atoms with van der Waals surface area (Å²) in [5.74, 6) is 0.244. The number of rotatable bonds is 15. The number of hydrogen-bond donors (Lipinski definition) is 0. The number of nitrogens with zero attached hydrogens (tertiary/aromatic N) is 1. The van der Waals surface area contributed by atoms with Gasteiger partial charge in [-0.2, -0.15) is 0 Å². The topological polar surface area (TPSA) is 20.3 Å². The SMILES string of the molecule is [CH2]CN(C)C(=O)CCCCCCCCCCCCCCC. The molecule has 0 atom stereocenters. The van der Waals surface area contributed by atoms with E-state index in [1.165, 1.54) is 77.0 Å². The van der Waals surface area contributed by atoms with Crippen molar-refractivity contribution in [2.24, 2.45) is 0 Å². The summed E-state index contributed by atoms with van der Waals surface area (Å²) in [7, 11) is 1.83. The van der Waals surface area contributed by atoms with Gasteiger partial charge in [0.15, 0.2) is 0 Å². The monoisotopic (exact) mass is 296 g/mol. The molecular formula is C19H38NO. The maximum Gasteiger partial charge on any atom is 0.222 e. The van der Waals surface area contributed by atoms with E-state index in [0.717, 1.165) is 6.42 Å². The molecule has 0 bridgehead atoms. The van der Waals surface area contributed by atoms with E-state index in [1.807, 2.05) is 7.05 Å². The van der Waals surface area contributed by atoms with Crippen LogP contribution in [0, 0.1) is 6.92 Å². The molecule has 0 aliphatic rings. The fourth-order valence-corrected chi connectivity index (χ4v) is 2.61. The maximum absolute atomic E-state index is 11.6. The number of amides is 1. The lowest BCUT2D eigenvalue weighted by Crippen LogP contribution is -2.25. The van der Waals surface area contributed by atoms with Gasteiger partial charge < -0.3 is 4.90 Å². The molecule has 0 aliphatic carbocycles. The highest BCUT2D eigenvalue weighted by Crippen LogP contribution is 2.13. The van der Waals surface area contributed by atoms with E-state index in [2.05, 4.69) is 13.8 Å². The van der Waals surface area contributed by atoms with Crippen molar-refractivity contribution in [3.63, 3.8) is 0 Å². The summed E-state index contributed by atoms with van der Waals surface area (Å²) in [5, 5.41) is 0. The minimum absolute atomic E-state index is 0.244. The van der Waals surface area contributed by atoms with Gasteiger partial charge in [-0.1, -0.05) is 84.0 Å². The van der Waals surface area contributed by atoms with Gasteiger partial charge >= 0.3 is 0 Å². The van der Waals surface area contributed by atoms with Crippen molar-refractivity contribution >= 4 is 5.91 Å². The largest absolute Gasteiger partial charge is 0.346 e. The van der Waals surface area contributed by atoms with Crippen LogP contribution in [0.4, 0.5) is 0 Å². The fourth-order valence-electron chi connectivity index (χ4n) is 2.61. The van der Waals surface area contributed by atoms with E-state index in [0.29, 0.717) is 13.0 Å². The molecule has 0 saturated heterocycles. The minimum Gasteiger partial charge on any atom is -0.346 e. The third-order valence-corrected chi connectivity index (χ3v) is 4.26. The van der Waals surface area contributed by atoms with Crippen LogP contribution in [0.5, 0.6) is 0 Å². The van der Waals surface area contributed by atoms with Crippen molar-refractivity contribution in [2.75, 3.05) is 13.6 Å². The second-order valence-electron chi connectivity index (χ2n) is 6.31. The molecule has 0 spiro atoms. The highest BCUT2D eigenvalue weighted by Gasteiger charge is 2.05. The molecule has 1 amide bonds. The predicted octanol–water partition coefficient (Wildman–Crippen LogP) is 5.76. The Labute approximate surface area is 133 Å². The smallest absolute Gasteiger partial charge is 0.222 e. The van der Waals surface area contributed by atoms with E-state index in [-0.39, 0.29) is 5.91 Å². The molecule has 1 radical (unpaired) electrons. The average Bonchev–Trinajstić information content (AvgIpc) is 2.50. The molecule has 0 N–H and O–H groups in total. The van der Waals surface area contributed by atoms with Crippen molar-refractivity contribution < 1.29 is 4.79 Å². The molecular weight excluding hydrogens is 258 g/mol. The van der Waals surface area contributed by atoms with Crippen LogP contribution in [0.2, 0.25) is 0 Å². The second kappa shape index (κ2) is 15.9. The number of unbranched alkanes of at least 4 members (excludes halogenated alkanes) is 12. The van der Waals surface area contributed by atoms with Gasteiger partial charge in [-0.05, 0) is 13.3 Å². The van der Waals surface area contributed by atoms with Crippen LogP contribution in [0.1, 0.15) is 96.8 Å². The molecule has 0 aromatic carbocycles. The van der Waals surface area contributed by atoms with Crippen LogP contribution in [-0.2, 0) is 4.79 Å². The van der Waals surface area contributed by atoms with Gasteiger partial charge in [0.05, 0.1) is 0 Å². The highest BCUT2D eigenvalue weighted by molar-refractivity contribution is 5.75. The van der Waals surface area contributed by atoms with Crippen LogP contribution in [-0.4, -0.2) is 24.4 Å². The Morgan fingerprint density at radius 1 is 0.762 bits per heavy atom. The van der Waals surface area contributed by atoms with E-state index in [4.69, 9.17) is 0 Å². The molecule has 0 rings (SSSR count). The Kier molecular flexibility index (Phi) is 15.5. The lowest BCUT2D eigenvalue weighted by Gasteiger charge is -2.13. The van der Waals surface area contributed by atoms with Crippen molar-refractivity contribution in [2.45, 2.75) is 96.8 Å². The molecule has 0 aliphatic heterocycles. The van der Waals surface area contributed by atoms with E-state index >= 15 is 0 Å². The molecule has 125 valence electrons. The van der Waals surface area contributed by atoms with Crippen LogP contribution >= 0.6 is 0 Å². The first-order valence-electron chi connectivity index (χ1n) is 9.25. The Hall–Kier alpha value is -0.530. The summed E-state index contributed by atoms with van der Waals surface area (Å²) in [4.78, 5) is 13.3. The molecule has 0 aromatic rings. The molecule has 0 fully saturated rings. The first kappa shape index (κ1) is 20.5. The van der Waals surface area contributed by atoms with Gasteiger partial charge in [-0.15, -0.1) is 0 Å². The summed E-state index contributed by atoms with van der Waals surface area (Å²) in [6, 6.07) is 0. The standard InChI is InChI=1S/C19H38NO/c1-4-6-7-8-9-10-11-12-13-14-15-16-17-18-19(21)20(3)5-2/h2,4-18H2,1,3H3. The maximum atomic E-state index is 11.6. The van der Waals surface area contributed by atoms with Crippen LogP contribution < -0.4 is 0 Å². The Morgan fingerprint density at radius 2 is 1.14 bits per heavy atom. The van der Waals surface area contributed by atoms with Gasteiger partial charge in [0, 0.05) is 20.0 Å². The van der Waals surface area contributed by atoms with Gasteiger partial charge in [0.25, 0.3) is 0 Å². The lowest BCUT2D eigenvalue weighted by atomic mass is 10.0. The molecule has 2 nitrogen and oxygen atoms in total. The quantitative estimate of drug-likeness (QED) is 0.352. The van der Waals surface area contributed by atoms with Gasteiger partial charge in [0.2, 0.25) is 5.91 Å². The first-order valence-corrected chi connectivity index (χ1v) is 9.25. The zero-order chi connectivity index (χ0) is 15.8. The van der Waals surface area contributed by atoms with Crippen LogP contribution in [0.3, 0.4) is 0 Å². The number of carbonyl (C=O) groups excluding carboxylic acids is 1. The third-order valence-electron chi connectivity index (χ3n) is 4.26. The van der Waals surface area contributed by atoms with Gasteiger partial charge in [-0.25, -0.2) is 0 Å². The Balaban J connectivity index is 3.11. The minimum atomic E-state index is 0.244. The number of hydrogen-bond acceptors (Lipinski definition) is 1. The van der Waals surface area contributed by atoms with Crippen molar-refractivity contribution in [1.29, 1.82) is 0 Å². The summed E-state index contributed by atoms with van der Waals surface area (Å²) < 4.78 is 0. The molecule has 0 aromatic heterocycles. The zero-order valence-electron chi connectivity index (χ0n) is 14.7. The zero-order valence-corrected chi connectivity index (χ0v) is 14.7. The summed E-state index contributed by atoms with van der Waals surface area (Å²) in [5.41, 5.74) is 0. The van der Waals surface area contributed by atoms with E-state index < -0.39 is 0 Å². The average molecular weight is 297 g/mol. The molecule has 0 saturated carbocycles. The second-order valence-corrected chi connectivity index (χ2v) is 6.31. The molecule has 21 heavy (non-hydrogen) atoms. The fraction of sp³-hybridized carbons (Fsp3) is 0.895. The van der Waals surface area contributed by atoms with Gasteiger partial charge in [-0.3, -0.25) is 4.79 Å². The van der Waals surface area contributed by atoms with Crippen molar-refractivity contribution in [1.82, 2.24) is 4.90 Å². The highest BCUT2D eigenvalue weighted by atomic mass is 16.2. The normalized spacial score (nSPS) is 10.8. The first-order chi connectivity index (χ1) is 10.2. The third kappa shape index (κ3) is 14.2. The summed E-state index contributed by atoms with van der Waals surface area (Å²) in [6.45, 7) is 6.58. The van der Waals surface area contributed by atoms with E-state index in [9.17, 15) is 4.79 Å². The Morgan fingerprint density at radius 3 is 1.52 bits per heavy atom. The van der Waals surface area contributed by atoms with Gasteiger partial charge in [0.1, 0.15) is 0 Å². The van der Waals surface area contributed by atoms with Crippen LogP contribution in [0.15, 0.2) is 0 Å². The summed E-state index contributed by atoms with van der Waals surface area (Å²) >= 11 is 0. The Bertz CT molecular complexity index is 228. The van der Waals surface area contributed by atoms with Crippen molar-refractivity contribution in [3.05, 3.63) is 6.92 Å². The summed E-state index contributed by atoms with van der Waals surface area (Å²) in [6.07, 6.45) is 18.2. The van der Waals surface area contributed by atoms with Crippen LogP contribution in [0.25, 0.3) is 0 Å².